The van der Waals surface area contributed by atoms with E-state index in [9.17, 15) is 4.89 Å². The maximum Gasteiger partial charge on any atom is 0.295 e. The number of hydrogen-bond acceptors (Lipinski definition) is 3. The van der Waals surface area contributed by atoms with Crippen LogP contribution in [0.25, 0.3) is 0 Å². The summed E-state index contributed by atoms with van der Waals surface area (Å²) < 4.78 is 5.54. The van der Waals surface area contributed by atoms with Crippen LogP contribution in [0.3, 0.4) is 0 Å². The fourth-order valence-corrected chi connectivity index (χ4v) is 4.06. The highest BCUT2D eigenvalue weighted by Gasteiger charge is 2.16. The molecule has 0 fully saturated rings. The van der Waals surface area contributed by atoms with Gasteiger partial charge in [0.2, 0.25) is 0 Å². The second-order valence-electron chi connectivity index (χ2n) is 3.24. The highest BCUT2D eigenvalue weighted by molar-refractivity contribution is 8.67. The monoisotopic (exact) mass is 286 g/mol. The van der Waals surface area contributed by atoms with Crippen LogP contribution in [-0.2, 0) is 18.2 Å². The summed E-state index contributed by atoms with van der Waals surface area (Å²) in [6.45, 7) is 7.28. The van der Waals surface area contributed by atoms with Crippen LogP contribution < -0.4 is 4.52 Å². The molecule has 0 radical (unpaired) electrons. The van der Waals surface area contributed by atoms with Gasteiger partial charge in [0.15, 0.2) is 0 Å². The predicted molar refractivity (Wildman–Crippen MR) is 80.1 cm³/mol. The molecule has 1 atom stereocenters. The number of benzene rings is 1. The lowest BCUT2D eigenvalue weighted by Crippen LogP contribution is -1.93. The van der Waals surface area contributed by atoms with Gasteiger partial charge in [-0.3, -0.25) is 0 Å². The normalized spacial score (nSPS) is 13.7. The molecular formula is C12H15O2PS2. The molecule has 17 heavy (non-hydrogen) atoms. The Balaban J connectivity index is 2.82. The van der Waals surface area contributed by atoms with Gasteiger partial charge in [-0.15, -0.1) is 13.2 Å². The Morgan fingerprint density at radius 1 is 1.35 bits per heavy atom. The smallest absolute Gasteiger partial charge is 0.295 e. The molecule has 0 amide bonds. The van der Waals surface area contributed by atoms with Crippen LogP contribution in [0.1, 0.15) is 5.56 Å². The molecule has 0 aliphatic carbocycles. The maximum atomic E-state index is 9.98. The highest BCUT2D eigenvalue weighted by Crippen LogP contribution is 2.56. The average molecular weight is 286 g/mol. The Morgan fingerprint density at radius 2 is 2.06 bits per heavy atom. The first-order chi connectivity index (χ1) is 8.09. The molecule has 2 nitrogen and oxygen atoms in total. The quantitative estimate of drug-likeness (QED) is 0.607. The van der Waals surface area contributed by atoms with Gasteiger partial charge in [-0.05, 0) is 29.9 Å². The molecule has 0 heterocycles. The van der Waals surface area contributed by atoms with Crippen molar-refractivity contribution in [2.75, 3.05) is 5.75 Å². The van der Waals surface area contributed by atoms with Crippen LogP contribution in [0.4, 0.5) is 0 Å². The summed E-state index contributed by atoms with van der Waals surface area (Å²) in [7, 11) is 0. The van der Waals surface area contributed by atoms with Gasteiger partial charge < -0.3 is 9.42 Å². The van der Waals surface area contributed by atoms with Crippen LogP contribution in [0.15, 0.2) is 49.6 Å². The highest BCUT2D eigenvalue weighted by atomic mass is 32.9. The predicted octanol–water partition coefficient (Wildman–Crippen LogP) is 3.93. The Labute approximate surface area is 111 Å². The zero-order valence-corrected chi connectivity index (χ0v) is 11.9. The van der Waals surface area contributed by atoms with Crippen LogP contribution in [-0.4, -0.2) is 10.6 Å². The second kappa shape index (κ2) is 7.02. The van der Waals surface area contributed by atoms with E-state index in [2.05, 4.69) is 13.2 Å². The summed E-state index contributed by atoms with van der Waals surface area (Å²) in [5.41, 5.74) is -1.86. The molecular weight excluding hydrogens is 271 g/mol. The summed E-state index contributed by atoms with van der Waals surface area (Å²) in [4.78, 5) is 9.98. The van der Waals surface area contributed by atoms with Crippen molar-refractivity contribution >= 4 is 28.9 Å². The third-order valence-electron chi connectivity index (χ3n) is 1.91. The molecule has 1 rings (SSSR count). The van der Waals surface area contributed by atoms with Crippen molar-refractivity contribution in [2.24, 2.45) is 0 Å². The summed E-state index contributed by atoms with van der Waals surface area (Å²) in [6.07, 6.45) is 4.18. The van der Waals surface area contributed by atoms with E-state index in [1.54, 1.807) is 12.2 Å². The standard InChI is InChI=1S/C12H15O2PS2/c1-3-7-11-8-5-6-9-12(11)14-15(13,16)17-10-4-2/h3-6,8-9H,1-2,7,10H2,(H,13,16). The van der Waals surface area contributed by atoms with Gasteiger partial charge in [-0.25, -0.2) is 0 Å². The summed E-state index contributed by atoms with van der Waals surface area (Å²) in [5, 5.41) is 0. The lowest BCUT2D eigenvalue weighted by molar-refractivity contribution is 0.501. The number of hydrogen-bond donors (Lipinski definition) is 1. The minimum absolute atomic E-state index is 0.581. The molecule has 1 N–H and O–H groups in total. The first kappa shape index (κ1) is 14.5. The van der Waals surface area contributed by atoms with Gasteiger partial charge in [0, 0.05) is 5.75 Å². The minimum atomic E-state index is -2.84. The topological polar surface area (TPSA) is 29.5 Å². The first-order valence-corrected chi connectivity index (χ1v) is 9.32. The average Bonchev–Trinajstić information content (AvgIpc) is 2.29. The molecule has 0 saturated heterocycles. The third kappa shape index (κ3) is 5.09. The van der Waals surface area contributed by atoms with E-state index in [0.29, 0.717) is 17.9 Å². The maximum absolute atomic E-state index is 9.98. The van der Waals surface area contributed by atoms with E-state index < -0.39 is 5.69 Å². The van der Waals surface area contributed by atoms with Gasteiger partial charge in [-0.1, -0.05) is 41.7 Å². The van der Waals surface area contributed by atoms with Crippen molar-refractivity contribution in [1.82, 2.24) is 0 Å². The lowest BCUT2D eigenvalue weighted by atomic mass is 10.1. The number of para-hydroxylation sites is 1. The number of rotatable bonds is 7. The van der Waals surface area contributed by atoms with Crippen molar-refractivity contribution in [2.45, 2.75) is 6.42 Å². The van der Waals surface area contributed by atoms with Crippen LogP contribution >= 0.6 is 17.1 Å². The second-order valence-corrected chi connectivity index (χ2v) is 9.39. The van der Waals surface area contributed by atoms with E-state index in [4.69, 9.17) is 16.3 Å². The van der Waals surface area contributed by atoms with Crippen molar-refractivity contribution in [3.63, 3.8) is 0 Å². The minimum Gasteiger partial charge on any atom is -0.436 e. The fraction of sp³-hybridized carbons (Fsp3) is 0.167. The van der Waals surface area contributed by atoms with Crippen LogP contribution in [0, 0.1) is 0 Å². The van der Waals surface area contributed by atoms with Gasteiger partial charge >= 0.3 is 0 Å². The van der Waals surface area contributed by atoms with Crippen molar-refractivity contribution < 1.29 is 9.42 Å². The molecule has 5 heteroatoms. The van der Waals surface area contributed by atoms with Crippen molar-refractivity contribution in [3.8, 4) is 5.75 Å². The van der Waals surface area contributed by atoms with Crippen LogP contribution in [0.2, 0.25) is 0 Å². The van der Waals surface area contributed by atoms with Gasteiger partial charge in [0.1, 0.15) is 5.75 Å². The fourth-order valence-electron chi connectivity index (χ4n) is 1.21. The largest absolute Gasteiger partial charge is 0.436 e. The van der Waals surface area contributed by atoms with E-state index in [-0.39, 0.29) is 0 Å². The molecule has 1 aromatic rings. The molecule has 1 aromatic carbocycles. The molecule has 0 aromatic heterocycles. The Hall–Kier alpha value is -0.540. The zero-order valence-electron chi connectivity index (χ0n) is 9.41. The first-order valence-electron chi connectivity index (χ1n) is 5.05. The molecule has 0 spiro atoms. The van der Waals surface area contributed by atoms with E-state index >= 15 is 0 Å². The Morgan fingerprint density at radius 3 is 2.71 bits per heavy atom. The SMILES string of the molecule is C=CCSP(O)(=S)Oc1ccccc1CC=C. The summed E-state index contributed by atoms with van der Waals surface area (Å²) in [6, 6.07) is 7.52. The molecule has 92 valence electrons. The third-order valence-corrected chi connectivity index (χ3v) is 5.87. The molecule has 0 bridgehead atoms. The van der Waals surface area contributed by atoms with Gasteiger partial charge in [0.25, 0.3) is 5.69 Å². The van der Waals surface area contributed by atoms with Crippen molar-refractivity contribution in [3.05, 3.63) is 55.1 Å². The molecule has 1 unspecified atom stereocenters. The van der Waals surface area contributed by atoms with Crippen molar-refractivity contribution in [1.29, 1.82) is 0 Å². The molecule has 0 aliphatic heterocycles. The van der Waals surface area contributed by atoms with Gasteiger partial charge in [-0.2, -0.15) is 0 Å². The van der Waals surface area contributed by atoms with E-state index in [0.717, 1.165) is 5.56 Å². The number of allylic oxidation sites excluding steroid dienone is 1. The lowest BCUT2D eigenvalue weighted by Gasteiger charge is -2.17. The summed E-state index contributed by atoms with van der Waals surface area (Å²) in [5.74, 6) is 1.21. The Kier molecular flexibility index (Phi) is 6.00. The van der Waals surface area contributed by atoms with Gasteiger partial charge in [0.05, 0.1) is 0 Å². The Bertz CT molecular complexity index is 446. The molecule has 0 saturated carbocycles. The zero-order chi connectivity index (χ0) is 12.7. The molecule has 0 aliphatic rings. The summed E-state index contributed by atoms with van der Waals surface area (Å²) >= 11 is 6.28. The van der Waals surface area contributed by atoms with E-state index in [1.807, 2.05) is 24.3 Å². The van der Waals surface area contributed by atoms with Crippen LogP contribution in [0.5, 0.6) is 5.75 Å². The van der Waals surface area contributed by atoms with E-state index in [1.165, 1.54) is 11.4 Å².